The van der Waals surface area contributed by atoms with Crippen LogP contribution in [0.4, 0.5) is 0 Å². The van der Waals surface area contributed by atoms with Gasteiger partial charge in [0.25, 0.3) is 0 Å². The van der Waals surface area contributed by atoms with Crippen molar-refractivity contribution >= 4 is 0 Å². The molecule has 3 heteroatoms. The van der Waals surface area contributed by atoms with E-state index in [1.54, 1.807) is 0 Å². The third-order valence-corrected chi connectivity index (χ3v) is 4.22. The molecule has 19 heavy (non-hydrogen) atoms. The topological polar surface area (TPSA) is 40.7 Å². The summed E-state index contributed by atoms with van der Waals surface area (Å²) in [5.74, 6) is 0. The minimum Gasteiger partial charge on any atom is -0.348 e. The highest BCUT2D eigenvalue weighted by atomic mass is 15.1. The third kappa shape index (κ3) is 1.80. The summed E-state index contributed by atoms with van der Waals surface area (Å²) in [4.78, 5) is 7.85. The Kier molecular flexibility index (Phi) is 2.75. The average Bonchev–Trinajstić information content (AvgIpc) is 2.77. The molecule has 0 saturated heterocycles. The van der Waals surface area contributed by atoms with Gasteiger partial charge in [-0.15, -0.1) is 0 Å². The summed E-state index contributed by atoms with van der Waals surface area (Å²) in [7, 11) is 0. The number of nitrogens with one attached hydrogen (secondary N) is 2. The van der Waals surface area contributed by atoms with E-state index in [0.717, 1.165) is 18.7 Å². The van der Waals surface area contributed by atoms with E-state index in [4.69, 9.17) is 0 Å². The highest BCUT2D eigenvalue weighted by Crippen LogP contribution is 2.36. The van der Waals surface area contributed by atoms with Crippen LogP contribution in [-0.4, -0.2) is 16.5 Å². The van der Waals surface area contributed by atoms with Crippen molar-refractivity contribution in [1.82, 2.24) is 15.3 Å². The van der Waals surface area contributed by atoms with Crippen LogP contribution in [0.2, 0.25) is 0 Å². The lowest BCUT2D eigenvalue weighted by Gasteiger charge is -2.37. The first kappa shape index (κ1) is 12.4. The number of aromatic amines is 1. The molecule has 1 aromatic heterocycles. The predicted molar refractivity (Wildman–Crippen MR) is 77.4 cm³/mol. The largest absolute Gasteiger partial charge is 0.348 e. The number of nitrogens with zero attached hydrogens (tertiary/aromatic N) is 1. The second kappa shape index (κ2) is 4.20. The highest BCUT2D eigenvalue weighted by molar-refractivity contribution is 5.48. The van der Waals surface area contributed by atoms with Crippen LogP contribution in [0, 0.1) is 20.8 Å². The van der Waals surface area contributed by atoms with Crippen LogP contribution < -0.4 is 5.32 Å². The molecular formula is C16H21N3. The van der Waals surface area contributed by atoms with Gasteiger partial charge in [0.05, 0.1) is 17.6 Å². The molecule has 1 unspecified atom stereocenters. The number of aryl methyl sites for hydroxylation is 3. The molecule has 1 aliphatic rings. The Hall–Kier alpha value is -1.61. The predicted octanol–water partition coefficient (Wildman–Crippen LogP) is 2.74. The molecule has 1 atom stereocenters. The van der Waals surface area contributed by atoms with E-state index >= 15 is 0 Å². The van der Waals surface area contributed by atoms with Gasteiger partial charge >= 0.3 is 0 Å². The minimum atomic E-state index is -0.185. The third-order valence-electron chi connectivity index (χ3n) is 4.22. The molecule has 0 saturated carbocycles. The van der Waals surface area contributed by atoms with E-state index in [1.165, 1.54) is 27.9 Å². The molecule has 1 aliphatic heterocycles. The normalized spacial score (nSPS) is 22.3. The molecule has 2 N–H and O–H groups in total. The van der Waals surface area contributed by atoms with Gasteiger partial charge in [-0.25, -0.2) is 4.98 Å². The Morgan fingerprint density at radius 1 is 1.16 bits per heavy atom. The zero-order valence-corrected chi connectivity index (χ0v) is 12.1. The van der Waals surface area contributed by atoms with Crippen LogP contribution in [0.15, 0.2) is 18.5 Å². The maximum atomic E-state index is 4.57. The van der Waals surface area contributed by atoms with Crippen LogP contribution in [0.25, 0.3) is 0 Å². The molecule has 2 aromatic rings. The van der Waals surface area contributed by atoms with Gasteiger partial charge in [0.15, 0.2) is 0 Å². The molecule has 0 bridgehead atoms. The molecule has 100 valence electrons. The van der Waals surface area contributed by atoms with Crippen molar-refractivity contribution in [2.24, 2.45) is 0 Å². The molecule has 0 radical (unpaired) electrons. The smallest absolute Gasteiger partial charge is 0.0926 e. The van der Waals surface area contributed by atoms with E-state index in [0.29, 0.717) is 0 Å². The van der Waals surface area contributed by atoms with Crippen molar-refractivity contribution in [2.75, 3.05) is 6.54 Å². The highest BCUT2D eigenvalue weighted by Gasteiger charge is 2.37. The summed E-state index contributed by atoms with van der Waals surface area (Å²) < 4.78 is 0. The van der Waals surface area contributed by atoms with E-state index in [1.807, 2.05) is 6.33 Å². The van der Waals surface area contributed by atoms with Gasteiger partial charge in [0.2, 0.25) is 0 Å². The zero-order chi connectivity index (χ0) is 13.6. The number of fused-ring (bicyclic) bond motifs is 1. The fourth-order valence-corrected chi connectivity index (χ4v) is 3.64. The molecule has 0 fully saturated rings. The van der Waals surface area contributed by atoms with Gasteiger partial charge in [-0.3, -0.25) is 0 Å². The number of imidazole rings is 1. The van der Waals surface area contributed by atoms with Crippen LogP contribution in [0.1, 0.15) is 40.6 Å². The molecule has 0 amide bonds. The maximum Gasteiger partial charge on any atom is 0.0926 e. The lowest BCUT2D eigenvalue weighted by atomic mass is 9.79. The molecule has 1 aromatic carbocycles. The lowest BCUT2D eigenvalue weighted by Crippen LogP contribution is -2.47. The number of hydrogen-bond donors (Lipinski definition) is 2. The fraction of sp³-hybridized carbons (Fsp3) is 0.438. The van der Waals surface area contributed by atoms with Crippen LogP contribution in [0.5, 0.6) is 0 Å². The Morgan fingerprint density at radius 3 is 2.53 bits per heavy atom. The van der Waals surface area contributed by atoms with Crippen molar-refractivity contribution in [2.45, 2.75) is 39.7 Å². The molecule has 2 heterocycles. The van der Waals surface area contributed by atoms with Gasteiger partial charge in [0.1, 0.15) is 0 Å². The van der Waals surface area contributed by atoms with Crippen molar-refractivity contribution in [3.8, 4) is 0 Å². The maximum absolute atomic E-state index is 4.57. The number of H-pyrrole nitrogens is 1. The van der Waals surface area contributed by atoms with Gasteiger partial charge in [-0.1, -0.05) is 17.7 Å². The summed E-state index contributed by atoms with van der Waals surface area (Å²) in [5.41, 5.74) is 7.59. The summed E-state index contributed by atoms with van der Waals surface area (Å²) >= 11 is 0. The Balaban J connectivity index is 2.23. The standard InChI is InChI=1S/C16H21N3/c1-10-7-11(2)14(12(3)8-10)16(4)15-13(5-6-19-16)17-9-18-15/h7-9,19H,5-6H2,1-4H3,(H,17,18). The first-order chi connectivity index (χ1) is 9.02. The monoisotopic (exact) mass is 255 g/mol. The fourth-order valence-electron chi connectivity index (χ4n) is 3.64. The van der Waals surface area contributed by atoms with E-state index < -0.39 is 0 Å². The molecule has 0 aliphatic carbocycles. The van der Waals surface area contributed by atoms with E-state index in [9.17, 15) is 0 Å². The second-order valence-electron chi connectivity index (χ2n) is 5.81. The van der Waals surface area contributed by atoms with Gasteiger partial charge < -0.3 is 10.3 Å². The quantitative estimate of drug-likeness (QED) is 0.822. The number of hydrogen-bond acceptors (Lipinski definition) is 2. The average molecular weight is 255 g/mol. The Labute approximate surface area is 114 Å². The minimum absolute atomic E-state index is 0.185. The van der Waals surface area contributed by atoms with Crippen molar-refractivity contribution in [3.05, 3.63) is 52.1 Å². The molecule has 0 spiro atoms. The van der Waals surface area contributed by atoms with E-state index in [-0.39, 0.29) is 5.54 Å². The Morgan fingerprint density at radius 2 is 1.84 bits per heavy atom. The first-order valence-corrected chi connectivity index (χ1v) is 6.88. The summed E-state index contributed by atoms with van der Waals surface area (Å²) in [5, 5.41) is 3.67. The number of rotatable bonds is 1. The second-order valence-corrected chi connectivity index (χ2v) is 5.81. The zero-order valence-electron chi connectivity index (χ0n) is 12.1. The molecular weight excluding hydrogens is 234 g/mol. The van der Waals surface area contributed by atoms with Crippen molar-refractivity contribution in [1.29, 1.82) is 0 Å². The van der Waals surface area contributed by atoms with Gasteiger partial charge in [-0.2, -0.15) is 0 Å². The van der Waals surface area contributed by atoms with Gasteiger partial charge in [-0.05, 0) is 44.4 Å². The van der Waals surface area contributed by atoms with Crippen molar-refractivity contribution < 1.29 is 0 Å². The van der Waals surface area contributed by atoms with E-state index in [2.05, 4.69) is 55.1 Å². The summed E-state index contributed by atoms with van der Waals surface area (Å²) in [6, 6.07) is 4.52. The molecule has 3 rings (SSSR count). The van der Waals surface area contributed by atoms with Crippen LogP contribution in [-0.2, 0) is 12.0 Å². The van der Waals surface area contributed by atoms with Crippen molar-refractivity contribution in [3.63, 3.8) is 0 Å². The lowest BCUT2D eigenvalue weighted by molar-refractivity contribution is 0.400. The first-order valence-electron chi connectivity index (χ1n) is 6.88. The SMILES string of the molecule is Cc1cc(C)c(C2(C)NCCc3[nH]cnc32)c(C)c1. The number of aromatic nitrogens is 2. The summed E-state index contributed by atoms with van der Waals surface area (Å²) in [6.45, 7) is 9.78. The Bertz CT molecular complexity index is 604. The van der Waals surface area contributed by atoms with Crippen LogP contribution in [0.3, 0.4) is 0 Å². The van der Waals surface area contributed by atoms with Crippen LogP contribution >= 0.6 is 0 Å². The molecule has 3 nitrogen and oxygen atoms in total. The van der Waals surface area contributed by atoms with Gasteiger partial charge in [0, 0.05) is 18.7 Å². The summed E-state index contributed by atoms with van der Waals surface area (Å²) in [6.07, 6.45) is 2.84. The number of benzene rings is 1.